The number of carbonyl (C=O) groups excluding carboxylic acids is 1. The van der Waals surface area contributed by atoms with E-state index in [1.165, 1.54) is 16.6 Å². The Bertz CT molecular complexity index is 811. The highest BCUT2D eigenvalue weighted by atomic mass is 32.2. The maximum absolute atomic E-state index is 12.5. The van der Waals surface area contributed by atoms with Gasteiger partial charge in [0.05, 0.1) is 25.2 Å². The van der Waals surface area contributed by atoms with Gasteiger partial charge in [-0.3, -0.25) is 4.79 Å². The van der Waals surface area contributed by atoms with Gasteiger partial charge < -0.3 is 19.5 Å². The molecule has 2 aromatic heterocycles. The summed E-state index contributed by atoms with van der Waals surface area (Å²) in [6.07, 6.45) is 2.98. The molecule has 0 bridgehead atoms. The zero-order chi connectivity index (χ0) is 18.4. The third kappa shape index (κ3) is 4.70. The molecule has 0 aliphatic carbocycles. The number of amides is 1. The zero-order valence-electron chi connectivity index (χ0n) is 14.1. The topological polar surface area (TPSA) is 105 Å². The monoisotopic (exact) mass is 399 g/mol. The predicted octanol–water partition coefficient (Wildman–Crippen LogP) is 1.29. The molecule has 8 nitrogen and oxygen atoms in total. The van der Waals surface area contributed by atoms with Gasteiger partial charge in [0.15, 0.2) is 0 Å². The number of sulfonamides is 1. The van der Waals surface area contributed by atoms with Crippen molar-refractivity contribution in [1.29, 1.82) is 0 Å². The zero-order valence-corrected chi connectivity index (χ0v) is 15.8. The van der Waals surface area contributed by atoms with Crippen LogP contribution in [0.1, 0.15) is 16.2 Å². The molecule has 1 aliphatic heterocycles. The summed E-state index contributed by atoms with van der Waals surface area (Å²) < 4.78 is 36.9. The molecule has 0 spiro atoms. The maximum atomic E-state index is 12.5. The van der Waals surface area contributed by atoms with Crippen LogP contribution >= 0.6 is 11.8 Å². The van der Waals surface area contributed by atoms with Crippen molar-refractivity contribution in [2.75, 3.05) is 38.6 Å². The van der Waals surface area contributed by atoms with Crippen LogP contribution in [0.25, 0.3) is 0 Å². The lowest BCUT2D eigenvalue weighted by molar-refractivity contribution is 0.0730. The van der Waals surface area contributed by atoms with Crippen LogP contribution < -0.4 is 5.32 Å². The third-order valence-corrected chi connectivity index (χ3v) is 6.72. The largest absolute Gasteiger partial charge is 0.468 e. The van der Waals surface area contributed by atoms with Gasteiger partial charge in [0.1, 0.15) is 16.3 Å². The summed E-state index contributed by atoms with van der Waals surface area (Å²) in [6.45, 7) is 1.89. The molecule has 26 heavy (non-hydrogen) atoms. The minimum atomic E-state index is -3.60. The van der Waals surface area contributed by atoms with Gasteiger partial charge in [-0.2, -0.15) is 16.1 Å². The number of thioether (sulfide) groups is 1. The predicted molar refractivity (Wildman–Crippen MR) is 97.6 cm³/mol. The highest BCUT2D eigenvalue weighted by Crippen LogP contribution is 2.18. The fraction of sp³-hybridized carbons (Fsp3) is 0.438. The van der Waals surface area contributed by atoms with Crippen LogP contribution in [0.2, 0.25) is 0 Å². The van der Waals surface area contributed by atoms with E-state index >= 15 is 0 Å². The average Bonchev–Trinajstić information content (AvgIpc) is 3.34. The third-order valence-electron chi connectivity index (χ3n) is 3.87. The van der Waals surface area contributed by atoms with Crippen LogP contribution in [0.5, 0.6) is 0 Å². The Morgan fingerprint density at radius 2 is 2.15 bits per heavy atom. The molecule has 3 rings (SSSR count). The Kier molecular flexibility index (Phi) is 6.41. The molecule has 0 radical (unpaired) electrons. The normalized spacial score (nSPS) is 15.8. The molecule has 3 heterocycles. The van der Waals surface area contributed by atoms with Crippen molar-refractivity contribution in [3.8, 4) is 0 Å². The quantitative estimate of drug-likeness (QED) is 0.648. The van der Waals surface area contributed by atoms with E-state index in [2.05, 4.69) is 10.3 Å². The molecular formula is C16H21N3O5S2. The standard InChI is InChI=1S/C16H21N3O5S2/c20-16(17-3-9-25-12-13-2-1-6-24-13)15-10-14(11-18-15)26(21,22)19-4-7-23-8-5-19/h1-2,6,10-11,18H,3-5,7-9,12H2,(H,17,20). The minimum absolute atomic E-state index is 0.0942. The number of H-pyrrole nitrogens is 1. The summed E-state index contributed by atoms with van der Waals surface area (Å²) >= 11 is 1.64. The van der Waals surface area contributed by atoms with Crippen molar-refractivity contribution in [1.82, 2.24) is 14.6 Å². The number of nitrogens with zero attached hydrogens (tertiary/aromatic N) is 1. The Morgan fingerprint density at radius 3 is 2.88 bits per heavy atom. The Morgan fingerprint density at radius 1 is 1.35 bits per heavy atom. The van der Waals surface area contributed by atoms with Gasteiger partial charge in [-0.15, -0.1) is 0 Å². The molecule has 1 saturated heterocycles. The van der Waals surface area contributed by atoms with Crippen LogP contribution in [0, 0.1) is 0 Å². The van der Waals surface area contributed by atoms with Crippen molar-refractivity contribution < 1.29 is 22.4 Å². The minimum Gasteiger partial charge on any atom is -0.468 e. The molecule has 0 saturated carbocycles. The lowest BCUT2D eigenvalue weighted by atomic mass is 10.4. The first-order valence-electron chi connectivity index (χ1n) is 8.22. The first-order chi connectivity index (χ1) is 12.6. The van der Waals surface area contributed by atoms with Crippen LogP contribution in [0.3, 0.4) is 0 Å². The van der Waals surface area contributed by atoms with E-state index in [0.717, 1.165) is 17.3 Å². The second kappa shape index (κ2) is 8.76. The number of carbonyl (C=O) groups is 1. The van der Waals surface area contributed by atoms with E-state index in [0.29, 0.717) is 32.8 Å². The SMILES string of the molecule is O=C(NCCSCc1ccco1)c1cc(S(=O)(=O)N2CCOCC2)c[nH]1. The van der Waals surface area contributed by atoms with Crippen LogP contribution in [-0.2, 0) is 20.5 Å². The van der Waals surface area contributed by atoms with Gasteiger partial charge >= 0.3 is 0 Å². The Labute approximate surface area is 156 Å². The van der Waals surface area contributed by atoms with Gasteiger partial charge in [0, 0.05) is 31.6 Å². The van der Waals surface area contributed by atoms with Crippen LogP contribution in [0.15, 0.2) is 40.0 Å². The summed E-state index contributed by atoms with van der Waals surface area (Å²) in [6, 6.07) is 5.11. The number of ether oxygens (including phenoxy) is 1. The first kappa shape index (κ1) is 19.0. The molecular weight excluding hydrogens is 378 g/mol. The fourth-order valence-corrected chi connectivity index (χ4v) is 4.65. The lowest BCUT2D eigenvalue weighted by Gasteiger charge is -2.25. The second-order valence-electron chi connectivity index (χ2n) is 5.65. The highest BCUT2D eigenvalue weighted by Gasteiger charge is 2.27. The number of hydrogen-bond acceptors (Lipinski definition) is 6. The summed E-state index contributed by atoms with van der Waals surface area (Å²) in [5.74, 6) is 2.04. The highest BCUT2D eigenvalue weighted by molar-refractivity contribution is 7.98. The number of hydrogen-bond donors (Lipinski definition) is 2. The van der Waals surface area contributed by atoms with E-state index in [9.17, 15) is 13.2 Å². The van der Waals surface area contributed by atoms with Crippen molar-refractivity contribution in [3.63, 3.8) is 0 Å². The van der Waals surface area contributed by atoms with Crippen molar-refractivity contribution in [2.24, 2.45) is 0 Å². The molecule has 142 valence electrons. The summed E-state index contributed by atoms with van der Waals surface area (Å²) in [5.41, 5.74) is 0.230. The Balaban J connectivity index is 1.48. The van der Waals surface area contributed by atoms with Gasteiger partial charge in [-0.1, -0.05) is 0 Å². The lowest BCUT2D eigenvalue weighted by Crippen LogP contribution is -2.40. The number of aromatic amines is 1. The Hall–Kier alpha value is -1.75. The summed E-state index contributed by atoms with van der Waals surface area (Å²) in [4.78, 5) is 15.0. The summed E-state index contributed by atoms with van der Waals surface area (Å²) in [7, 11) is -3.60. The molecule has 2 aromatic rings. The van der Waals surface area contributed by atoms with E-state index in [1.807, 2.05) is 12.1 Å². The molecule has 1 fully saturated rings. The molecule has 10 heteroatoms. The number of aromatic nitrogens is 1. The molecule has 2 N–H and O–H groups in total. The molecule has 1 aliphatic rings. The number of nitrogens with one attached hydrogen (secondary N) is 2. The van der Waals surface area contributed by atoms with E-state index < -0.39 is 10.0 Å². The van der Waals surface area contributed by atoms with Crippen LogP contribution in [-0.4, -0.2) is 62.2 Å². The smallest absolute Gasteiger partial charge is 0.267 e. The molecule has 1 amide bonds. The van der Waals surface area contributed by atoms with Gasteiger partial charge in [-0.25, -0.2) is 8.42 Å². The molecule has 0 atom stereocenters. The van der Waals surface area contributed by atoms with Crippen molar-refractivity contribution in [2.45, 2.75) is 10.6 Å². The fourth-order valence-electron chi connectivity index (χ4n) is 2.49. The van der Waals surface area contributed by atoms with Crippen molar-refractivity contribution in [3.05, 3.63) is 42.1 Å². The van der Waals surface area contributed by atoms with Gasteiger partial charge in [0.2, 0.25) is 10.0 Å². The summed E-state index contributed by atoms with van der Waals surface area (Å²) in [5, 5.41) is 2.77. The van der Waals surface area contributed by atoms with Gasteiger partial charge in [0.25, 0.3) is 5.91 Å². The van der Waals surface area contributed by atoms with E-state index in [-0.39, 0.29) is 16.5 Å². The van der Waals surface area contributed by atoms with E-state index in [4.69, 9.17) is 9.15 Å². The molecule has 0 unspecified atom stereocenters. The second-order valence-corrected chi connectivity index (χ2v) is 8.70. The number of furan rings is 1. The van der Waals surface area contributed by atoms with Crippen molar-refractivity contribution >= 4 is 27.7 Å². The van der Waals surface area contributed by atoms with Gasteiger partial charge in [-0.05, 0) is 18.2 Å². The maximum Gasteiger partial charge on any atom is 0.267 e. The average molecular weight is 399 g/mol. The first-order valence-corrected chi connectivity index (χ1v) is 10.8. The van der Waals surface area contributed by atoms with E-state index in [1.54, 1.807) is 18.0 Å². The molecule has 0 aromatic carbocycles. The van der Waals surface area contributed by atoms with Crippen LogP contribution in [0.4, 0.5) is 0 Å². The number of morpholine rings is 1. The number of rotatable bonds is 8.